The van der Waals surface area contributed by atoms with Crippen molar-refractivity contribution in [3.8, 4) is 23.0 Å². The van der Waals surface area contributed by atoms with Gasteiger partial charge in [0.15, 0.2) is 23.0 Å². The fourth-order valence-electron chi connectivity index (χ4n) is 11.2. The van der Waals surface area contributed by atoms with Crippen molar-refractivity contribution in [3.05, 3.63) is 69.8 Å². The van der Waals surface area contributed by atoms with Gasteiger partial charge in [-0.05, 0) is 64.0 Å². The maximum Gasteiger partial charge on any atom is 0.166 e. The molecule has 4 aliphatic carbocycles. The van der Waals surface area contributed by atoms with Gasteiger partial charge in [-0.15, -0.1) is 0 Å². The lowest BCUT2D eigenvalue weighted by Gasteiger charge is -2.56. The van der Waals surface area contributed by atoms with Gasteiger partial charge in [-0.1, -0.05) is 36.4 Å². The number of hydrogen-bond acceptors (Lipinski definition) is 8. The third-order valence-corrected chi connectivity index (χ3v) is 13.1. The number of aromatic hydroxyl groups is 2. The van der Waals surface area contributed by atoms with E-state index >= 15 is 0 Å². The van der Waals surface area contributed by atoms with Gasteiger partial charge in [-0.3, -0.25) is 0 Å². The molecule has 4 aliphatic heterocycles. The number of hydrogen-bond donors (Lipinski definition) is 4. The van der Waals surface area contributed by atoms with Gasteiger partial charge in [0.05, 0.1) is 0 Å². The number of aliphatic hydroxyl groups is 2. The fourth-order valence-corrected chi connectivity index (χ4v) is 11.2. The van der Waals surface area contributed by atoms with Crippen LogP contribution in [0.15, 0.2) is 36.4 Å². The van der Waals surface area contributed by atoms with Crippen molar-refractivity contribution in [3.63, 3.8) is 0 Å². The first-order valence-corrected chi connectivity index (χ1v) is 16.0. The van der Waals surface area contributed by atoms with Crippen LogP contribution in [-0.4, -0.2) is 93.9 Å². The highest BCUT2D eigenvalue weighted by atomic mass is 16.5. The first-order chi connectivity index (χ1) is 20.7. The Hall–Kier alpha value is -3.04. The second-order valence-corrected chi connectivity index (χ2v) is 14.6. The Morgan fingerprint density at radius 1 is 0.721 bits per heavy atom. The maximum absolute atomic E-state index is 11.8. The SMILES string of the molecule is CN1CC[C@]23c4c5cc(Cc6cc7c8c(c6O)O[C@H]6[C@@H](O)C=C[C@H]9[C@@H](C7)N(C)CC[C@@]896)c(O)c4O[C@H]2[C@@H](O)C=C[C@H]3[C@H]1C5. The standard InChI is InChI=1S/C35H38N2O6/c1-36-9-7-34-20-3-5-24(38)32(34)42-30-26(34)16(14-22(20)36)11-18(28(30)40)13-19-12-17-15-23-21-4-6-25(39)33-35(21,8-10-37(23)2)27(17)31(43-33)29(19)41/h3-6,11-12,20-25,32-33,38-41H,7-10,13-15H2,1-2H3/t20-,21-,22+,23+,24-,25-,32-,33-,34-,35-/m0/s1. The lowest BCUT2D eigenvalue weighted by molar-refractivity contribution is -0.0453. The highest BCUT2D eigenvalue weighted by molar-refractivity contribution is 5.68. The molecule has 2 spiro atoms. The van der Waals surface area contributed by atoms with Gasteiger partial charge in [-0.25, -0.2) is 0 Å². The summed E-state index contributed by atoms with van der Waals surface area (Å²) in [6.45, 7) is 1.86. The van der Waals surface area contributed by atoms with E-state index in [4.69, 9.17) is 9.47 Å². The Bertz CT molecular complexity index is 1560. The lowest BCUT2D eigenvalue weighted by Crippen LogP contribution is -2.64. The van der Waals surface area contributed by atoms with Gasteiger partial charge in [0, 0.05) is 63.4 Å². The molecule has 8 nitrogen and oxygen atoms in total. The van der Waals surface area contributed by atoms with Gasteiger partial charge in [-0.2, -0.15) is 0 Å². The van der Waals surface area contributed by atoms with Crippen molar-refractivity contribution in [2.75, 3.05) is 27.2 Å². The predicted octanol–water partition coefficient (Wildman–Crippen LogP) is 2.30. The van der Waals surface area contributed by atoms with E-state index in [1.54, 1.807) is 0 Å². The molecule has 0 amide bonds. The summed E-state index contributed by atoms with van der Waals surface area (Å²) in [4.78, 5) is 4.86. The van der Waals surface area contributed by atoms with Crippen molar-refractivity contribution in [1.29, 1.82) is 0 Å². The van der Waals surface area contributed by atoms with E-state index in [-0.39, 0.29) is 34.2 Å². The van der Waals surface area contributed by atoms with Crippen molar-refractivity contribution >= 4 is 0 Å². The van der Waals surface area contributed by atoms with Gasteiger partial charge in [0.25, 0.3) is 0 Å². The number of nitrogens with zero attached hydrogens (tertiary/aromatic N) is 2. The highest BCUT2D eigenvalue weighted by Crippen LogP contribution is 2.65. The minimum Gasteiger partial charge on any atom is -0.504 e. The van der Waals surface area contributed by atoms with Crippen LogP contribution in [0.3, 0.4) is 0 Å². The zero-order valence-electron chi connectivity index (χ0n) is 24.5. The third kappa shape index (κ3) is 2.76. The van der Waals surface area contributed by atoms with Crippen LogP contribution in [0.25, 0.3) is 0 Å². The summed E-state index contributed by atoms with van der Waals surface area (Å²) in [5.74, 6) is 1.74. The molecule has 4 heterocycles. The van der Waals surface area contributed by atoms with E-state index in [1.807, 2.05) is 12.2 Å². The molecule has 224 valence electrons. The average molecular weight is 583 g/mol. The van der Waals surface area contributed by atoms with Gasteiger partial charge in [0.1, 0.15) is 24.4 Å². The Morgan fingerprint density at radius 2 is 1.16 bits per heavy atom. The van der Waals surface area contributed by atoms with Crippen molar-refractivity contribution in [2.24, 2.45) is 11.8 Å². The van der Waals surface area contributed by atoms with Crippen LogP contribution in [-0.2, 0) is 30.1 Å². The Kier molecular flexibility index (Phi) is 4.69. The minimum absolute atomic E-state index is 0.115. The van der Waals surface area contributed by atoms with Crippen molar-refractivity contribution in [1.82, 2.24) is 9.80 Å². The van der Waals surface area contributed by atoms with Crippen LogP contribution in [0.2, 0.25) is 0 Å². The first kappa shape index (κ1) is 25.3. The molecular weight excluding hydrogens is 544 g/mol. The highest BCUT2D eigenvalue weighted by Gasteiger charge is 2.66. The summed E-state index contributed by atoms with van der Waals surface area (Å²) in [7, 11) is 4.37. The molecule has 2 saturated heterocycles. The molecule has 4 bridgehead atoms. The molecule has 0 radical (unpaired) electrons. The molecule has 2 aromatic carbocycles. The minimum atomic E-state index is -0.721. The summed E-state index contributed by atoms with van der Waals surface area (Å²) < 4.78 is 13.1. The molecular formula is C35H38N2O6. The van der Waals surface area contributed by atoms with E-state index in [0.29, 0.717) is 41.1 Å². The topological polar surface area (TPSA) is 106 Å². The quantitative estimate of drug-likeness (QED) is 0.400. The molecule has 2 aromatic rings. The molecule has 4 N–H and O–H groups in total. The number of likely N-dealkylation sites (tertiary alicyclic amines) is 2. The number of aliphatic hydroxyl groups excluding tert-OH is 2. The molecule has 10 rings (SSSR count). The summed E-state index contributed by atoms with van der Waals surface area (Å²) >= 11 is 0. The lowest BCUT2D eigenvalue weighted by atomic mass is 9.53. The molecule has 8 heteroatoms. The average Bonchev–Trinajstić information content (AvgIpc) is 3.53. The predicted molar refractivity (Wildman–Crippen MR) is 158 cm³/mol. The smallest absolute Gasteiger partial charge is 0.166 e. The van der Waals surface area contributed by atoms with Gasteiger partial charge < -0.3 is 39.7 Å². The molecule has 43 heavy (non-hydrogen) atoms. The van der Waals surface area contributed by atoms with Crippen LogP contribution in [0.4, 0.5) is 0 Å². The van der Waals surface area contributed by atoms with Crippen LogP contribution < -0.4 is 9.47 Å². The zero-order valence-corrected chi connectivity index (χ0v) is 24.5. The summed E-state index contributed by atoms with van der Waals surface area (Å²) in [6.07, 6.45) is 9.65. The number of phenols is 2. The molecule has 2 fully saturated rings. The molecule has 8 aliphatic rings. The van der Waals surface area contributed by atoms with Crippen molar-refractivity contribution < 1.29 is 29.9 Å². The Balaban J connectivity index is 1.11. The Labute approximate surface area is 250 Å². The Morgan fingerprint density at radius 3 is 1.60 bits per heavy atom. The van der Waals surface area contributed by atoms with E-state index in [0.717, 1.165) is 49.9 Å². The second kappa shape index (κ2) is 7.96. The van der Waals surface area contributed by atoms with Crippen LogP contribution in [0, 0.1) is 11.8 Å². The molecule has 0 aromatic heterocycles. The van der Waals surface area contributed by atoms with Crippen LogP contribution in [0.1, 0.15) is 46.2 Å². The van der Waals surface area contributed by atoms with E-state index in [9.17, 15) is 20.4 Å². The number of ether oxygens (including phenoxy) is 2. The normalized spacial score (nSPS) is 42.3. The van der Waals surface area contributed by atoms with Crippen LogP contribution >= 0.6 is 0 Å². The monoisotopic (exact) mass is 582 g/mol. The van der Waals surface area contributed by atoms with Crippen LogP contribution in [0.5, 0.6) is 23.0 Å². The summed E-state index contributed by atoms with van der Waals surface area (Å²) in [6, 6.07) is 4.85. The number of phenolic OH excluding ortho intramolecular Hbond substituents is 2. The zero-order chi connectivity index (χ0) is 29.2. The van der Waals surface area contributed by atoms with E-state index in [2.05, 4.69) is 48.2 Å². The maximum atomic E-state index is 11.8. The van der Waals surface area contributed by atoms with Gasteiger partial charge in [0.2, 0.25) is 0 Å². The molecule has 0 saturated carbocycles. The largest absolute Gasteiger partial charge is 0.504 e. The van der Waals surface area contributed by atoms with E-state index < -0.39 is 24.4 Å². The molecule has 10 atom stereocenters. The number of likely N-dealkylation sites (N-methyl/N-ethyl adjacent to an activating group) is 2. The second-order valence-electron chi connectivity index (χ2n) is 14.6. The number of benzene rings is 2. The molecule has 0 unspecified atom stereocenters. The van der Waals surface area contributed by atoms with Gasteiger partial charge >= 0.3 is 0 Å². The summed E-state index contributed by atoms with van der Waals surface area (Å²) in [5.41, 5.74) is 5.29. The van der Waals surface area contributed by atoms with E-state index in [1.165, 1.54) is 11.1 Å². The first-order valence-electron chi connectivity index (χ1n) is 16.0. The number of rotatable bonds is 2. The third-order valence-electron chi connectivity index (χ3n) is 13.1. The fraction of sp³-hybridized carbons (Fsp3) is 0.543. The summed E-state index contributed by atoms with van der Waals surface area (Å²) in [5, 5.41) is 45.7. The number of piperidine rings is 2. The van der Waals surface area contributed by atoms with Crippen molar-refractivity contribution in [2.45, 2.75) is 79.4 Å².